The minimum absolute atomic E-state index is 0.128. The smallest absolute Gasteiger partial charge is 0.0944 e. The Morgan fingerprint density at radius 1 is 1.62 bits per heavy atom. The molecule has 2 atom stereocenters. The van der Waals surface area contributed by atoms with Gasteiger partial charge in [-0.1, -0.05) is 0 Å². The summed E-state index contributed by atoms with van der Waals surface area (Å²) in [6.07, 6.45) is 1.48. The molecule has 0 aliphatic carbocycles. The van der Waals surface area contributed by atoms with Crippen LogP contribution in [0.4, 0.5) is 0 Å². The molecule has 2 rings (SSSR count). The molecule has 3 heteroatoms. The first-order chi connectivity index (χ1) is 6.27. The number of hydrogen-bond acceptors (Lipinski definition) is 3. The summed E-state index contributed by atoms with van der Waals surface area (Å²) in [6.45, 7) is 2.78. The molecular weight excluding hydrogens is 184 g/mol. The molecule has 2 heterocycles. The summed E-state index contributed by atoms with van der Waals surface area (Å²) in [5, 5.41) is 11.6. The van der Waals surface area contributed by atoms with Gasteiger partial charge in [-0.3, -0.25) is 0 Å². The van der Waals surface area contributed by atoms with Gasteiger partial charge in [0.2, 0.25) is 0 Å². The highest BCUT2D eigenvalue weighted by molar-refractivity contribution is 7.10. The maximum Gasteiger partial charge on any atom is 0.0944 e. The van der Waals surface area contributed by atoms with Crippen LogP contribution in [0.25, 0.3) is 0 Å². The van der Waals surface area contributed by atoms with Gasteiger partial charge in [0.25, 0.3) is 0 Å². The van der Waals surface area contributed by atoms with Crippen molar-refractivity contribution in [1.82, 2.24) is 0 Å². The molecule has 1 fully saturated rings. The Balaban J connectivity index is 2.12. The van der Waals surface area contributed by atoms with E-state index in [9.17, 15) is 5.11 Å². The van der Waals surface area contributed by atoms with Crippen LogP contribution in [0.5, 0.6) is 0 Å². The zero-order chi connectivity index (χ0) is 9.26. The van der Waals surface area contributed by atoms with Crippen molar-refractivity contribution in [3.05, 3.63) is 21.9 Å². The SMILES string of the molecule is Cc1ccsc1C1CC(O)CCO1. The molecule has 1 N–H and O–H groups in total. The Morgan fingerprint density at radius 2 is 2.46 bits per heavy atom. The van der Waals surface area contributed by atoms with E-state index >= 15 is 0 Å². The van der Waals surface area contributed by atoms with Gasteiger partial charge in [-0.25, -0.2) is 0 Å². The van der Waals surface area contributed by atoms with Crippen LogP contribution in [-0.4, -0.2) is 17.8 Å². The first kappa shape index (κ1) is 9.19. The predicted octanol–water partition coefficient (Wildman–Crippen LogP) is 2.27. The largest absolute Gasteiger partial charge is 0.393 e. The Bertz CT molecular complexity index is 282. The zero-order valence-electron chi connectivity index (χ0n) is 7.69. The topological polar surface area (TPSA) is 29.5 Å². The van der Waals surface area contributed by atoms with Crippen molar-refractivity contribution < 1.29 is 9.84 Å². The molecule has 2 unspecified atom stereocenters. The normalized spacial score (nSPS) is 29.1. The quantitative estimate of drug-likeness (QED) is 0.750. The van der Waals surface area contributed by atoms with Crippen LogP contribution in [0.2, 0.25) is 0 Å². The maximum absolute atomic E-state index is 9.49. The summed E-state index contributed by atoms with van der Waals surface area (Å²) in [5.41, 5.74) is 1.28. The molecule has 0 radical (unpaired) electrons. The van der Waals surface area contributed by atoms with Crippen LogP contribution in [-0.2, 0) is 4.74 Å². The van der Waals surface area contributed by atoms with Gasteiger partial charge in [-0.15, -0.1) is 11.3 Å². The highest BCUT2D eigenvalue weighted by Gasteiger charge is 2.24. The van der Waals surface area contributed by atoms with Crippen molar-refractivity contribution in [1.29, 1.82) is 0 Å². The van der Waals surface area contributed by atoms with Crippen molar-refractivity contribution >= 4 is 11.3 Å². The third kappa shape index (κ3) is 1.93. The van der Waals surface area contributed by atoms with E-state index in [4.69, 9.17) is 4.74 Å². The van der Waals surface area contributed by atoms with Gasteiger partial charge >= 0.3 is 0 Å². The number of hydrogen-bond donors (Lipinski definition) is 1. The second-order valence-corrected chi connectivity index (χ2v) is 4.45. The molecule has 0 bridgehead atoms. The fourth-order valence-electron chi connectivity index (χ4n) is 1.68. The molecule has 72 valence electrons. The number of aliphatic hydroxyl groups is 1. The lowest BCUT2D eigenvalue weighted by Gasteiger charge is -2.26. The monoisotopic (exact) mass is 198 g/mol. The molecule has 1 aliphatic rings. The van der Waals surface area contributed by atoms with Crippen molar-refractivity contribution in [2.75, 3.05) is 6.61 Å². The van der Waals surface area contributed by atoms with Crippen LogP contribution >= 0.6 is 11.3 Å². The van der Waals surface area contributed by atoms with Crippen LogP contribution < -0.4 is 0 Å². The summed E-state index contributed by atoms with van der Waals surface area (Å²) in [4.78, 5) is 1.28. The van der Waals surface area contributed by atoms with E-state index < -0.39 is 0 Å². The van der Waals surface area contributed by atoms with Crippen molar-refractivity contribution in [2.45, 2.75) is 32.0 Å². The molecule has 13 heavy (non-hydrogen) atoms. The van der Waals surface area contributed by atoms with E-state index in [2.05, 4.69) is 18.4 Å². The molecule has 0 aromatic carbocycles. The summed E-state index contributed by atoms with van der Waals surface area (Å²) in [5.74, 6) is 0. The number of aliphatic hydroxyl groups excluding tert-OH is 1. The third-order valence-electron chi connectivity index (χ3n) is 2.45. The zero-order valence-corrected chi connectivity index (χ0v) is 8.51. The number of ether oxygens (including phenoxy) is 1. The molecule has 1 saturated heterocycles. The third-order valence-corrected chi connectivity index (χ3v) is 3.56. The predicted molar refractivity (Wildman–Crippen MR) is 53.0 cm³/mol. The standard InChI is InChI=1S/C10H14O2S/c1-7-3-5-13-10(7)9-6-8(11)2-4-12-9/h3,5,8-9,11H,2,4,6H2,1H3. The highest BCUT2D eigenvalue weighted by Crippen LogP contribution is 2.33. The van der Waals surface area contributed by atoms with Gasteiger partial charge in [-0.2, -0.15) is 0 Å². The molecular formula is C10H14O2S. The summed E-state index contributed by atoms with van der Waals surface area (Å²) in [7, 11) is 0. The first-order valence-electron chi connectivity index (χ1n) is 4.61. The second-order valence-electron chi connectivity index (χ2n) is 3.51. The average molecular weight is 198 g/mol. The fraction of sp³-hybridized carbons (Fsp3) is 0.600. The van der Waals surface area contributed by atoms with Gasteiger partial charge in [0, 0.05) is 17.9 Å². The summed E-state index contributed by atoms with van der Waals surface area (Å²) in [6, 6.07) is 2.10. The van der Waals surface area contributed by atoms with Crippen LogP contribution in [0.1, 0.15) is 29.4 Å². The van der Waals surface area contributed by atoms with Crippen LogP contribution in [0.15, 0.2) is 11.4 Å². The number of aryl methyl sites for hydroxylation is 1. The molecule has 2 nitrogen and oxygen atoms in total. The molecule has 1 aromatic heterocycles. The van der Waals surface area contributed by atoms with E-state index in [0.717, 1.165) is 12.8 Å². The molecule has 1 aliphatic heterocycles. The minimum Gasteiger partial charge on any atom is -0.393 e. The summed E-state index contributed by atoms with van der Waals surface area (Å²) < 4.78 is 5.62. The van der Waals surface area contributed by atoms with Crippen molar-refractivity contribution in [3.8, 4) is 0 Å². The van der Waals surface area contributed by atoms with E-state index in [1.54, 1.807) is 11.3 Å². The highest BCUT2D eigenvalue weighted by atomic mass is 32.1. The van der Waals surface area contributed by atoms with Crippen LogP contribution in [0.3, 0.4) is 0 Å². The Labute approximate surface area is 82.2 Å². The van der Waals surface area contributed by atoms with Crippen LogP contribution in [0, 0.1) is 6.92 Å². The van der Waals surface area contributed by atoms with Crippen molar-refractivity contribution in [3.63, 3.8) is 0 Å². The minimum atomic E-state index is -0.180. The van der Waals surface area contributed by atoms with E-state index in [0.29, 0.717) is 6.61 Å². The van der Waals surface area contributed by atoms with E-state index in [1.165, 1.54) is 10.4 Å². The first-order valence-corrected chi connectivity index (χ1v) is 5.49. The van der Waals surface area contributed by atoms with Gasteiger partial charge in [0.15, 0.2) is 0 Å². The maximum atomic E-state index is 9.49. The lowest BCUT2D eigenvalue weighted by molar-refractivity contribution is -0.0433. The molecule has 0 amide bonds. The second kappa shape index (κ2) is 3.78. The average Bonchev–Trinajstić information content (AvgIpc) is 2.51. The van der Waals surface area contributed by atoms with E-state index in [1.807, 2.05) is 0 Å². The Morgan fingerprint density at radius 3 is 3.08 bits per heavy atom. The lowest BCUT2D eigenvalue weighted by atomic mass is 10.0. The van der Waals surface area contributed by atoms with E-state index in [-0.39, 0.29) is 12.2 Å². The van der Waals surface area contributed by atoms with Gasteiger partial charge in [0.1, 0.15) is 0 Å². The molecule has 0 spiro atoms. The Kier molecular flexibility index (Phi) is 2.67. The van der Waals surface area contributed by atoms with Gasteiger partial charge < -0.3 is 9.84 Å². The molecule has 1 aromatic rings. The van der Waals surface area contributed by atoms with Gasteiger partial charge in [-0.05, 0) is 30.4 Å². The lowest BCUT2D eigenvalue weighted by Crippen LogP contribution is -2.23. The van der Waals surface area contributed by atoms with Crippen molar-refractivity contribution in [2.24, 2.45) is 0 Å². The number of rotatable bonds is 1. The number of thiophene rings is 1. The Hall–Kier alpha value is -0.380. The fourth-order valence-corrected chi connectivity index (χ4v) is 2.67. The molecule has 0 saturated carbocycles. The van der Waals surface area contributed by atoms with Gasteiger partial charge in [0.05, 0.1) is 12.2 Å². The summed E-state index contributed by atoms with van der Waals surface area (Å²) >= 11 is 1.72.